The second kappa shape index (κ2) is 6.69. The van der Waals surface area contributed by atoms with Crippen molar-refractivity contribution in [3.05, 3.63) is 35.9 Å². The van der Waals surface area contributed by atoms with Crippen LogP contribution in [0.2, 0.25) is 0 Å². The minimum absolute atomic E-state index is 0.182. The molecule has 1 aromatic carbocycles. The molecule has 1 N–H and O–H groups in total. The third-order valence-corrected chi connectivity index (χ3v) is 2.84. The number of halogens is 4. The molecule has 0 heterocycles. The van der Waals surface area contributed by atoms with Crippen LogP contribution in [0.4, 0.5) is 17.6 Å². The summed E-state index contributed by atoms with van der Waals surface area (Å²) in [5.41, 5.74) is 0.790. The Balaban J connectivity index is 2.73. The highest BCUT2D eigenvalue weighted by atomic mass is 19.3. The van der Waals surface area contributed by atoms with Crippen molar-refractivity contribution in [2.75, 3.05) is 20.6 Å². The van der Waals surface area contributed by atoms with Crippen LogP contribution in [0.1, 0.15) is 11.6 Å². The quantitative estimate of drug-likeness (QED) is 0.816. The van der Waals surface area contributed by atoms with Crippen molar-refractivity contribution in [2.45, 2.75) is 18.4 Å². The maximum Gasteiger partial charge on any atom is 0.383 e. The third kappa shape index (κ3) is 3.93. The van der Waals surface area contributed by atoms with Gasteiger partial charge in [0.05, 0.1) is 6.04 Å². The second-order valence-electron chi connectivity index (χ2n) is 4.52. The Bertz CT molecular complexity index is 437. The fourth-order valence-electron chi connectivity index (χ4n) is 1.68. The molecule has 0 saturated heterocycles. The van der Waals surface area contributed by atoms with E-state index in [2.05, 4.69) is 0 Å². The number of likely N-dealkylation sites (N-methyl/N-ethyl adjacent to an activating group) is 1. The van der Waals surface area contributed by atoms with E-state index >= 15 is 0 Å². The molecule has 0 spiro atoms. The van der Waals surface area contributed by atoms with E-state index in [1.54, 1.807) is 49.3 Å². The van der Waals surface area contributed by atoms with Crippen LogP contribution in [-0.2, 0) is 4.79 Å². The number of hydrogen-bond donors (Lipinski definition) is 1. The van der Waals surface area contributed by atoms with Gasteiger partial charge in [0.25, 0.3) is 5.91 Å². The van der Waals surface area contributed by atoms with E-state index in [0.717, 1.165) is 5.56 Å². The predicted octanol–water partition coefficient (Wildman–Crippen LogP) is 2.31. The lowest BCUT2D eigenvalue weighted by molar-refractivity contribution is -0.169. The summed E-state index contributed by atoms with van der Waals surface area (Å²) >= 11 is 0. The van der Waals surface area contributed by atoms with Crippen LogP contribution in [-0.4, -0.2) is 43.8 Å². The van der Waals surface area contributed by atoms with Crippen molar-refractivity contribution in [1.29, 1.82) is 0 Å². The average Bonchev–Trinajstić information content (AvgIpc) is 2.39. The molecule has 1 amide bonds. The predicted molar refractivity (Wildman–Crippen MR) is 66.8 cm³/mol. The molecule has 3 nitrogen and oxygen atoms in total. The molecule has 0 aliphatic rings. The maximum absolute atomic E-state index is 12.8. The van der Waals surface area contributed by atoms with E-state index in [1.165, 1.54) is 0 Å². The Morgan fingerprint density at radius 1 is 1.25 bits per heavy atom. The van der Waals surface area contributed by atoms with E-state index in [9.17, 15) is 22.4 Å². The van der Waals surface area contributed by atoms with Gasteiger partial charge in [-0.1, -0.05) is 30.3 Å². The molecule has 0 aromatic heterocycles. The molecule has 0 aliphatic carbocycles. The summed E-state index contributed by atoms with van der Waals surface area (Å²) in [5.74, 6) is -6.64. The van der Waals surface area contributed by atoms with E-state index in [0.29, 0.717) is 0 Å². The number of benzene rings is 1. The topological polar surface area (TPSA) is 32.3 Å². The number of rotatable bonds is 6. The van der Waals surface area contributed by atoms with E-state index < -0.39 is 18.3 Å². The first-order valence-electron chi connectivity index (χ1n) is 5.92. The fraction of sp³-hybridized carbons (Fsp3) is 0.462. The highest BCUT2D eigenvalue weighted by molar-refractivity contribution is 5.83. The zero-order valence-corrected chi connectivity index (χ0v) is 11.1. The van der Waals surface area contributed by atoms with E-state index in [4.69, 9.17) is 0 Å². The Hall–Kier alpha value is -1.63. The third-order valence-electron chi connectivity index (χ3n) is 2.84. The van der Waals surface area contributed by atoms with E-state index in [-0.39, 0.29) is 12.6 Å². The smallest absolute Gasteiger partial charge is 0.349 e. The number of alkyl halides is 4. The van der Waals surface area contributed by atoms with Crippen molar-refractivity contribution in [2.24, 2.45) is 0 Å². The Labute approximate surface area is 114 Å². The monoisotopic (exact) mass is 292 g/mol. The van der Waals surface area contributed by atoms with Gasteiger partial charge in [0.2, 0.25) is 0 Å². The SMILES string of the molecule is CN(C)C(CNC(=O)C(F)(F)C(F)F)c1ccccc1. The lowest BCUT2D eigenvalue weighted by Gasteiger charge is -2.26. The number of nitrogens with one attached hydrogen (secondary N) is 1. The van der Waals surface area contributed by atoms with E-state index in [1.807, 2.05) is 5.32 Å². The number of carbonyl (C=O) groups excluding carboxylic acids is 1. The van der Waals surface area contributed by atoms with Crippen LogP contribution in [0, 0.1) is 0 Å². The first-order valence-corrected chi connectivity index (χ1v) is 5.92. The van der Waals surface area contributed by atoms with Crippen molar-refractivity contribution in [3.8, 4) is 0 Å². The maximum atomic E-state index is 12.8. The average molecular weight is 292 g/mol. The molecule has 112 valence electrons. The van der Waals surface area contributed by atoms with Crippen molar-refractivity contribution >= 4 is 5.91 Å². The molecule has 1 atom stereocenters. The molecule has 0 fully saturated rings. The zero-order valence-electron chi connectivity index (χ0n) is 11.1. The van der Waals surface area contributed by atoms with Crippen LogP contribution in [0.25, 0.3) is 0 Å². The minimum Gasteiger partial charge on any atom is -0.349 e. The fourth-order valence-corrected chi connectivity index (χ4v) is 1.68. The molecule has 7 heteroatoms. The summed E-state index contributed by atoms with van der Waals surface area (Å²) in [5, 5.41) is 1.87. The van der Waals surface area contributed by atoms with Crippen molar-refractivity contribution in [3.63, 3.8) is 0 Å². The van der Waals surface area contributed by atoms with Gasteiger partial charge in [0, 0.05) is 6.54 Å². The molecule has 20 heavy (non-hydrogen) atoms. The lowest BCUT2D eigenvalue weighted by atomic mass is 10.1. The van der Waals surface area contributed by atoms with Gasteiger partial charge in [-0.2, -0.15) is 8.78 Å². The largest absolute Gasteiger partial charge is 0.383 e. The van der Waals surface area contributed by atoms with Crippen LogP contribution >= 0.6 is 0 Å². The summed E-state index contributed by atoms with van der Waals surface area (Å²) in [6.45, 7) is -0.182. The Morgan fingerprint density at radius 2 is 1.80 bits per heavy atom. The molecule has 1 unspecified atom stereocenters. The van der Waals surface area contributed by atoms with Crippen LogP contribution in [0.15, 0.2) is 30.3 Å². The number of hydrogen-bond acceptors (Lipinski definition) is 2. The Morgan fingerprint density at radius 3 is 2.25 bits per heavy atom. The summed E-state index contributed by atoms with van der Waals surface area (Å²) in [6.07, 6.45) is -4.02. The highest BCUT2D eigenvalue weighted by Crippen LogP contribution is 2.23. The molecule has 1 rings (SSSR count). The van der Waals surface area contributed by atoms with Gasteiger partial charge in [-0.25, -0.2) is 8.78 Å². The molecular weight excluding hydrogens is 276 g/mol. The minimum atomic E-state index is -4.67. The number of carbonyl (C=O) groups is 1. The lowest BCUT2D eigenvalue weighted by Crippen LogP contribution is -2.47. The zero-order chi connectivity index (χ0) is 15.3. The molecule has 1 aromatic rings. The molecule has 0 saturated carbocycles. The van der Waals surface area contributed by atoms with Crippen molar-refractivity contribution in [1.82, 2.24) is 10.2 Å². The first-order chi connectivity index (χ1) is 9.26. The standard InChI is InChI=1S/C13H16F4N2O/c1-19(2)10(9-6-4-3-5-7-9)8-18-12(20)13(16,17)11(14)15/h3-7,10-11H,8H2,1-2H3,(H,18,20). The molecule has 0 bridgehead atoms. The second-order valence-corrected chi connectivity index (χ2v) is 4.52. The molecule has 0 aliphatic heterocycles. The van der Waals surface area contributed by atoms with Gasteiger partial charge >= 0.3 is 12.3 Å². The van der Waals surface area contributed by atoms with Gasteiger partial charge in [-0.3, -0.25) is 4.79 Å². The van der Waals surface area contributed by atoms with Gasteiger partial charge < -0.3 is 10.2 Å². The summed E-state index contributed by atoms with van der Waals surface area (Å²) in [6, 6.07) is 8.47. The van der Waals surface area contributed by atoms with Crippen molar-refractivity contribution < 1.29 is 22.4 Å². The van der Waals surface area contributed by atoms with Gasteiger partial charge in [0.15, 0.2) is 0 Å². The first kappa shape index (κ1) is 16.4. The van der Waals surface area contributed by atoms with Crippen LogP contribution in [0.3, 0.4) is 0 Å². The number of amides is 1. The highest BCUT2D eigenvalue weighted by Gasteiger charge is 2.48. The van der Waals surface area contributed by atoms with Gasteiger partial charge in [-0.15, -0.1) is 0 Å². The number of nitrogens with zero attached hydrogens (tertiary/aromatic N) is 1. The van der Waals surface area contributed by atoms with Gasteiger partial charge in [-0.05, 0) is 19.7 Å². The van der Waals surface area contributed by atoms with Gasteiger partial charge in [0.1, 0.15) is 0 Å². The summed E-state index contributed by atoms with van der Waals surface area (Å²) in [7, 11) is 3.41. The summed E-state index contributed by atoms with van der Waals surface area (Å²) < 4.78 is 49.7. The summed E-state index contributed by atoms with van der Waals surface area (Å²) in [4.78, 5) is 12.8. The molecular formula is C13H16F4N2O. The van der Waals surface area contributed by atoms with Crippen LogP contribution in [0.5, 0.6) is 0 Å². The molecule has 0 radical (unpaired) electrons. The normalized spacial score (nSPS) is 13.6. The van der Waals surface area contributed by atoms with Crippen LogP contribution < -0.4 is 5.32 Å². The Kier molecular flexibility index (Phi) is 5.50.